The lowest BCUT2D eigenvalue weighted by Gasteiger charge is -2.37. The molecule has 0 N–H and O–H groups in total. The lowest BCUT2D eigenvalue weighted by atomic mass is 10.0. The van der Waals surface area contributed by atoms with E-state index >= 15 is 0 Å². The van der Waals surface area contributed by atoms with Crippen molar-refractivity contribution in [2.45, 2.75) is 17.1 Å². The summed E-state index contributed by atoms with van der Waals surface area (Å²) in [5.41, 5.74) is 2.94. The second-order valence-corrected chi connectivity index (χ2v) is 9.01. The molecule has 0 bridgehead atoms. The third kappa shape index (κ3) is 3.61. The van der Waals surface area contributed by atoms with E-state index in [1.165, 1.54) is 11.6 Å². The summed E-state index contributed by atoms with van der Waals surface area (Å²) >= 11 is 1.13. The first kappa shape index (κ1) is 17.8. The molecule has 2 heterocycles. The van der Waals surface area contributed by atoms with E-state index in [1.54, 1.807) is 40.7 Å². The van der Waals surface area contributed by atoms with Crippen molar-refractivity contribution in [3.8, 4) is 0 Å². The van der Waals surface area contributed by atoms with Gasteiger partial charge >= 0.3 is 0 Å². The van der Waals surface area contributed by atoms with Gasteiger partial charge < -0.3 is 10.0 Å². The number of sulfonamides is 1. The topological polar surface area (TPSA) is 72.8 Å². The summed E-state index contributed by atoms with van der Waals surface area (Å²) in [7, 11) is -3.72. The number of para-hydroxylation sites is 1. The summed E-state index contributed by atoms with van der Waals surface area (Å²) in [6, 6.07) is 11.1. The zero-order valence-corrected chi connectivity index (χ0v) is 16.0. The van der Waals surface area contributed by atoms with Gasteiger partial charge in [0.2, 0.25) is 0 Å². The van der Waals surface area contributed by atoms with Gasteiger partial charge in [-0.2, -0.15) is 12.8 Å². The van der Waals surface area contributed by atoms with Crippen molar-refractivity contribution in [2.75, 3.05) is 11.4 Å². The van der Waals surface area contributed by atoms with E-state index in [0.29, 0.717) is 17.8 Å². The van der Waals surface area contributed by atoms with Gasteiger partial charge in [-0.15, -0.1) is 11.3 Å². The van der Waals surface area contributed by atoms with Gasteiger partial charge in [-0.1, -0.05) is 36.4 Å². The molecule has 2 aliphatic rings. The van der Waals surface area contributed by atoms with Gasteiger partial charge in [0.1, 0.15) is 4.21 Å². The number of fused-ring (bicyclic) bond motifs is 1. The molecule has 138 valence electrons. The smallest absolute Gasteiger partial charge is 0.292 e. The average Bonchev–Trinajstić information content (AvgIpc) is 3.23. The molecule has 0 radical (unpaired) electrons. The summed E-state index contributed by atoms with van der Waals surface area (Å²) in [6.07, 6.45) is 8.28. The standard InChI is InChI=1S/C20H18N2O3S2/c23-20(22-13-3-6-15-5-1-2-7-18(15)22)16-9-11-17(12-10-16)21-27(24,25)19-8-4-14-26-19/h1-2,4-5,7-12,14,23H,3,6,13H2/p-1. The molecule has 0 atom stereocenters. The molecule has 4 rings (SSSR count). The number of aryl methyl sites for hydroxylation is 1. The molecule has 0 saturated carbocycles. The quantitative estimate of drug-likeness (QED) is 0.747. The number of anilines is 1. The molecule has 1 aromatic carbocycles. The maximum absolute atomic E-state index is 12.9. The van der Waals surface area contributed by atoms with Gasteiger partial charge in [-0.3, -0.25) is 0 Å². The molecule has 1 aliphatic carbocycles. The number of thiophene rings is 1. The van der Waals surface area contributed by atoms with Gasteiger partial charge in [0.15, 0.2) is 0 Å². The van der Waals surface area contributed by atoms with Crippen molar-refractivity contribution in [3.63, 3.8) is 0 Å². The predicted octanol–water partition coefficient (Wildman–Crippen LogP) is 3.03. The highest BCUT2D eigenvalue weighted by Gasteiger charge is 2.18. The molecule has 7 heteroatoms. The maximum atomic E-state index is 12.9. The summed E-state index contributed by atoms with van der Waals surface area (Å²) in [6.45, 7) is 0.675. The molecule has 2 aromatic rings. The van der Waals surface area contributed by atoms with Crippen LogP contribution in [0.3, 0.4) is 0 Å². The molecule has 0 fully saturated rings. The van der Waals surface area contributed by atoms with Crippen LogP contribution in [0.5, 0.6) is 0 Å². The highest BCUT2D eigenvalue weighted by atomic mass is 32.2. The Labute approximate surface area is 162 Å². The van der Waals surface area contributed by atoms with E-state index in [4.69, 9.17) is 0 Å². The summed E-state index contributed by atoms with van der Waals surface area (Å²) in [5, 5.41) is 14.6. The molecule has 0 saturated heterocycles. The van der Waals surface area contributed by atoms with Crippen LogP contribution >= 0.6 is 11.3 Å². The molecule has 0 amide bonds. The van der Waals surface area contributed by atoms with Gasteiger partial charge in [-0.05, 0) is 59.5 Å². The highest BCUT2D eigenvalue weighted by molar-refractivity contribution is 7.92. The molecule has 0 spiro atoms. The number of rotatable bonds is 3. The van der Waals surface area contributed by atoms with Crippen LogP contribution in [0.2, 0.25) is 0 Å². The fraction of sp³-hybridized carbons (Fsp3) is 0.150. The highest BCUT2D eigenvalue weighted by Crippen LogP contribution is 2.30. The zero-order valence-electron chi connectivity index (χ0n) is 14.4. The van der Waals surface area contributed by atoms with Crippen molar-refractivity contribution in [1.29, 1.82) is 0 Å². The number of hydrogen-bond acceptors (Lipinski definition) is 5. The molecule has 1 aliphatic heterocycles. The minimum Gasteiger partial charge on any atom is -0.860 e. The Morgan fingerprint density at radius 3 is 2.59 bits per heavy atom. The normalized spacial score (nSPS) is 16.4. The lowest BCUT2D eigenvalue weighted by Crippen LogP contribution is -2.35. The summed E-state index contributed by atoms with van der Waals surface area (Å²) in [4.78, 5) is 1.79. The Balaban J connectivity index is 1.61. The molecule has 5 nitrogen and oxygen atoms in total. The molecule has 0 unspecified atom stereocenters. The Morgan fingerprint density at radius 1 is 1.07 bits per heavy atom. The van der Waals surface area contributed by atoms with Crippen LogP contribution in [0.4, 0.5) is 5.69 Å². The van der Waals surface area contributed by atoms with Gasteiger partial charge in [0.25, 0.3) is 10.0 Å². The van der Waals surface area contributed by atoms with Crippen LogP contribution in [0, 0.1) is 0 Å². The van der Waals surface area contributed by atoms with Crippen molar-refractivity contribution >= 4 is 32.8 Å². The fourth-order valence-corrected chi connectivity index (χ4v) is 5.11. The second kappa shape index (κ2) is 7.17. The first-order chi connectivity index (χ1) is 13.0. The average molecular weight is 398 g/mol. The lowest BCUT2D eigenvalue weighted by molar-refractivity contribution is -0.306. The SMILES string of the molecule is O=S(=O)(N=C1C=CC(=C([O-])N2CCCc3ccccc32)C=C1)c1cccs1. The Morgan fingerprint density at radius 2 is 1.85 bits per heavy atom. The fourth-order valence-electron chi connectivity index (χ4n) is 3.16. The van der Waals surface area contributed by atoms with E-state index in [2.05, 4.69) is 4.40 Å². The number of benzene rings is 1. The van der Waals surface area contributed by atoms with Crippen LogP contribution in [0.25, 0.3) is 0 Å². The minimum atomic E-state index is -3.72. The number of nitrogens with zero attached hydrogens (tertiary/aromatic N) is 2. The first-order valence-electron chi connectivity index (χ1n) is 8.56. The van der Waals surface area contributed by atoms with E-state index < -0.39 is 10.0 Å². The number of hydrogen-bond donors (Lipinski definition) is 0. The molecular weight excluding hydrogens is 380 g/mol. The monoisotopic (exact) mass is 397 g/mol. The maximum Gasteiger partial charge on any atom is 0.292 e. The first-order valence-corrected chi connectivity index (χ1v) is 10.9. The minimum absolute atomic E-state index is 0.0881. The van der Waals surface area contributed by atoms with E-state index in [0.717, 1.165) is 29.9 Å². The van der Waals surface area contributed by atoms with Crippen molar-refractivity contribution < 1.29 is 13.5 Å². The van der Waals surface area contributed by atoms with Crippen LogP contribution in [0.1, 0.15) is 12.0 Å². The van der Waals surface area contributed by atoms with Gasteiger partial charge in [0, 0.05) is 12.2 Å². The second-order valence-electron chi connectivity index (χ2n) is 6.23. The van der Waals surface area contributed by atoms with Crippen LogP contribution in [-0.4, -0.2) is 20.7 Å². The third-order valence-electron chi connectivity index (χ3n) is 4.44. The van der Waals surface area contributed by atoms with Gasteiger partial charge in [0.05, 0.1) is 5.71 Å². The van der Waals surface area contributed by atoms with Crippen molar-refractivity contribution in [2.24, 2.45) is 4.40 Å². The van der Waals surface area contributed by atoms with E-state index in [1.807, 2.05) is 24.3 Å². The van der Waals surface area contributed by atoms with Crippen LogP contribution < -0.4 is 10.0 Å². The zero-order chi connectivity index (χ0) is 18.9. The largest absolute Gasteiger partial charge is 0.860 e. The Hall–Kier alpha value is -2.64. The summed E-state index contributed by atoms with van der Waals surface area (Å²) in [5.74, 6) is -0.0881. The Kier molecular flexibility index (Phi) is 4.72. The Bertz CT molecular complexity index is 1060. The third-order valence-corrected chi connectivity index (χ3v) is 7.12. The number of allylic oxidation sites excluding steroid dienone is 5. The van der Waals surface area contributed by atoms with E-state index in [9.17, 15) is 13.5 Å². The molecule has 27 heavy (non-hydrogen) atoms. The predicted molar refractivity (Wildman–Crippen MR) is 106 cm³/mol. The van der Waals surface area contributed by atoms with Crippen molar-refractivity contribution in [3.05, 3.63) is 83.1 Å². The van der Waals surface area contributed by atoms with Crippen molar-refractivity contribution in [1.82, 2.24) is 0 Å². The van der Waals surface area contributed by atoms with Crippen LogP contribution in [0.15, 0.2) is 86.1 Å². The summed E-state index contributed by atoms with van der Waals surface area (Å²) < 4.78 is 28.5. The van der Waals surface area contributed by atoms with Gasteiger partial charge in [-0.25, -0.2) is 0 Å². The van der Waals surface area contributed by atoms with E-state index in [-0.39, 0.29) is 10.1 Å². The van der Waals surface area contributed by atoms with Crippen LogP contribution in [-0.2, 0) is 16.4 Å². The molecule has 1 aromatic heterocycles. The molecular formula is C20H17N2O3S2-.